The van der Waals surface area contributed by atoms with Gasteiger partial charge in [-0.15, -0.1) is 0 Å². The molecule has 0 unspecified atom stereocenters. The monoisotopic (exact) mass is 613 g/mol. The first kappa shape index (κ1) is 25.8. The van der Waals surface area contributed by atoms with E-state index in [4.69, 9.17) is 9.47 Å². The molecule has 4 rings (SSSR count). The average molecular weight is 613 g/mol. The smallest absolute Gasteiger partial charge is 0.264 e. The zero-order chi connectivity index (χ0) is 25.5. The van der Waals surface area contributed by atoms with Crippen LogP contribution in [0.3, 0.4) is 0 Å². The van der Waals surface area contributed by atoms with Crippen molar-refractivity contribution in [2.24, 2.45) is 4.99 Å². The lowest BCUT2D eigenvalue weighted by atomic mass is 10.2. The van der Waals surface area contributed by atoms with Crippen molar-refractivity contribution in [3.63, 3.8) is 0 Å². The molecule has 184 valence electrons. The van der Waals surface area contributed by atoms with Gasteiger partial charge < -0.3 is 20.1 Å². The van der Waals surface area contributed by atoms with E-state index >= 15 is 0 Å². The third-order valence-electron chi connectivity index (χ3n) is 4.92. The highest BCUT2D eigenvalue weighted by Crippen LogP contribution is 2.36. The van der Waals surface area contributed by atoms with Crippen molar-refractivity contribution in [1.82, 2.24) is 5.32 Å². The third-order valence-corrected chi connectivity index (χ3v) is 6.63. The Morgan fingerprint density at radius 2 is 1.92 bits per heavy atom. The van der Waals surface area contributed by atoms with Crippen LogP contribution in [0.25, 0.3) is 6.08 Å². The van der Waals surface area contributed by atoms with Crippen molar-refractivity contribution in [3.8, 4) is 11.5 Å². The molecule has 1 aliphatic heterocycles. The van der Waals surface area contributed by atoms with E-state index in [1.165, 1.54) is 11.8 Å². The van der Waals surface area contributed by atoms with E-state index in [9.17, 15) is 9.59 Å². The number of amides is 2. The molecule has 1 heterocycles. The van der Waals surface area contributed by atoms with Gasteiger partial charge in [0.2, 0.25) is 0 Å². The summed E-state index contributed by atoms with van der Waals surface area (Å²) in [5, 5.41) is 6.16. The number of nitrogens with zero attached hydrogens (tertiary/aromatic N) is 1. The van der Waals surface area contributed by atoms with E-state index in [0.29, 0.717) is 33.9 Å². The normalized spacial score (nSPS) is 15.1. The van der Waals surface area contributed by atoms with Crippen LogP contribution < -0.4 is 20.1 Å². The minimum atomic E-state index is -0.269. The van der Waals surface area contributed by atoms with E-state index in [2.05, 4.69) is 38.2 Å². The van der Waals surface area contributed by atoms with Crippen molar-refractivity contribution < 1.29 is 19.1 Å². The van der Waals surface area contributed by atoms with Crippen molar-refractivity contribution >= 4 is 68.8 Å². The highest BCUT2D eigenvalue weighted by molar-refractivity contribution is 14.1. The number of ether oxygens (including phenoxy) is 2. The Morgan fingerprint density at radius 3 is 2.67 bits per heavy atom. The number of aliphatic imine (C=N–C) groups is 1. The lowest BCUT2D eigenvalue weighted by Crippen LogP contribution is -2.20. The summed E-state index contributed by atoms with van der Waals surface area (Å²) in [4.78, 5) is 29.9. The number of thioether (sulfide) groups is 1. The Bertz CT molecular complexity index is 1340. The molecule has 0 atom stereocenters. The average Bonchev–Trinajstić information content (AvgIpc) is 3.17. The largest absolute Gasteiger partial charge is 0.490 e. The van der Waals surface area contributed by atoms with Crippen LogP contribution in [-0.2, 0) is 9.59 Å². The first-order chi connectivity index (χ1) is 17.4. The van der Waals surface area contributed by atoms with Crippen LogP contribution in [0.2, 0.25) is 0 Å². The van der Waals surface area contributed by atoms with Gasteiger partial charge in [0.05, 0.1) is 20.8 Å². The fourth-order valence-corrected chi connectivity index (χ4v) is 5.01. The molecule has 3 aromatic carbocycles. The van der Waals surface area contributed by atoms with E-state index in [0.717, 1.165) is 20.4 Å². The van der Waals surface area contributed by atoms with Crippen LogP contribution in [-0.4, -0.2) is 30.2 Å². The van der Waals surface area contributed by atoms with Gasteiger partial charge in [0.1, 0.15) is 0 Å². The van der Waals surface area contributed by atoms with Crippen LogP contribution >= 0.6 is 34.4 Å². The molecule has 0 saturated carbocycles. The number of halogens is 1. The topological polar surface area (TPSA) is 89.0 Å². The molecule has 2 amide bonds. The highest BCUT2D eigenvalue weighted by Gasteiger charge is 2.24. The summed E-state index contributed by atoms with van der Waals surface area (Å²) in [5.74, 6) is 0.500. The molecule has 1 aliphatic rings. The minimum absolute atomic E-state index is 0.165. The number of carbonyl (C=O) groups is 2. The zero-order valence-corrected chi connectivity index (χ0v) is 22.7. The molecular formula is C27H24IN3O4S. The standard InChI is InChI=1S/C27H24IN3O4S/c1-3-34-22-14-18(15-23-26(33)31-27(36-23)30-19-9-5-4-6-10-19)13-21(28)25(22)35-16-24(32)29-20-11-7-8-17(2)12-20/h4-15H,3,16H2,1-2H3,(H,29,32)(H,30,31,33)/b23-15-. The zero-order valence-electron chi connectivity index (χ0n) is 19.7. The molecule has 0 radical (unpaired) electrons. The van der Waals surface area contributed by atoms with Crippen molar-refractivity contribution in [2.75, 3.05) is 18.5 Å². The number of amidine groups is 1. The number of nitrogens with one attached hydrogen (secondary N) is 2. The predicted molar refractivity (Wildman–Crippen MR) is 153 cm³/mol. The van der Waals surface area contributed by atoms with E-state index in [1.807, 2.05) is 74.5 Å². The maximum absolute atomic E-state index is 12.5. The van der Waals surface area contributed by atoms with Gasteiger partial charge in [0, 0.05) is 5.69 Å². The molecule has 0 spiro atoms. The molecular weight excluding hydrogens is 589 g/mol. The fraction of sp³-hybridized carbons (Fsp3) is 0.148. The van der Waals surface area contributed by atoms with Crippen molar-refractivity contribution in [1.29, 1.82) is 0 Å². The summed E-state index contributed by atoms with van der Waals surface area (Å²) >= 11 is 3.42. The van der Waals surface area contributed by atoms with E-state index in [1.54, 1.807) is 12.1 Å². The van der Waals surface area contributed by atoms with Gasteiger partial charge in [-0.1, -0.05) is 30.3 Å². The highest BCUT2D eigenvalue weighted by atomic mass is 127. The second-order valence-electron chi connectivity index (χ2n) is 7.79. The molecule has 0 aromatic heterocycles. The predicted octanol–water partition coefficient (Wildman–Crippen LogP) is 5.91. The van der Waals surface area contributed by atoms with Crippen molar-refractivity contribution in [2.45, 2.75) is 13.8 Å². The maximum atomic E-state index is 12.5. The SMILES string of the molecule is CCOc1cc(/C=C2\SC(=Nc3ccccc3)NC2=O)cc(I)c1OCC(=O)Nc1cccc(C)c1. The van der Waals surface area contributed by atoms with Gasteiger partial charge in [-0.3, -0.25) is 9.59 Å². The van der Waals surface area contributed by atoms with Crippen LogP contribution in [0, 0.1) is 10.5 Å². The molecule has 9 heteroatoms. The lowest BCUT2D eigenvalue weighted by Gasteiger charge is -2.15. The van der Waals surface area contributed by atoms with Gasteiger partial charge in [-0.25, -0.2) is 4.99 Å². The lowest BCUT2D eigenvalue weighted by molar-refractivity contribution is -0.118. The van der Waals surface area contributed by atoms with Crippen LogP contribution in [0.1, 0.15) is 18.1 Å². The van der Waals surface area contributed by atoms with Gasteiger partial charge in [-0.2, -0.15) is 0 Å². The summed E-state index contributed by atoms with van der Waals surface area (Å²) in [6, 6.07) is 20.7. The van der Waals surface area contributed by atoms with Crippen molar-refractivity contribution in [3.05, 3.63) is 86.3 Å². The maximum Gasteiger partial charge on any atom is 0.264 e. The molecule has 2 N–H and O–H groups in total. The van der Waals surface area contributed by atoms with Crippen LogP contribution in [0.4, 0.5) is 11.4 Å². The third kappa shape index (κ3) is 6.88. The number of para-hydroxylation sites is 1. The summed E-state index contributed by atoms with van der Waals surface area (Å²) in [5.41, 5.74) is 3.31. The molecule has 1 fully saturated rings. The number of aryl methyl sites for hydroxylation is 1. The van der Waals surface area contributed by atoms with Crippen LogP contribution in [0.15, 0.2) is 76.6 Å². The molecule has 36 heavy (non-hydrogen) atoms. The minimum Gasteiger partial charge on any atom is -0.490 e. The van der Waals surface area contributed by atoms with Gasteiger partial charge in [-0.05, 0) is 102 Å². The Morgan fingerprint density at radius 1 is 1.11 bits per heavy atom. The number of hydrogen-bond donors (Lipinski definition) is 2. The van der Waals surface area contributed by atoms with E-state index in [-0.39, 0.29) is 18.4 Å². The second kappa shape index (κ2) is 12.1. The number of rotatable bonds is 8. The number of anilines is 1. The molecule has 0 bridgehead atoms. The summed E-state index contributed by atoms with van der Waals surface area (Å²) in [6.07, 6.45) is 1.78. The summed E-state index contributed by atoms with van der Waals surface area (Å²) < 4.78 is 12.4. The molecule has 0 aliphatic carbocycles. The van der Waals surface area contributed by atoms with Gasteiger partial charge in [0.15, 0.2) is 23.3 Å². The molecule has 1 saturated heterocycles. The summed E-state index contributed by atoms with van der Waals surface area (Å²) in [7, 11) is 0. The Kier molecular flexibility index (Phi) is 8.65. The molecule has 3 aromatic rings. The Labute approximate surface area is 227 Å². The summed E-state index contributed by atoms with van der Waals surface area (Å²) in [6.45, 7) is 4.09. The Balaban J connectivity index is 1.49. The van der Waals surface area contributed by atoms with Gasteiger partial charge in [0.25, 0.3) is 11.8 Å². The van der Waals surface area contributed by atoms with Gasteiger partial charge >= 0.3 is 0 Å². The fourth-order valence-electron chi connectivity index (χ4n) is 3.38. The number of hydrogen-bond acceptors (Lipinski definition) is 6. The number of benzene rings is 3. The Hall–Kier alpha value is -3.31. The first-order valence-electron chi connectivity index (χ1n) is 11.2. The second-order valence-corrected chi connectivity index (χ2v) is 9.98. The first-order valence-corrected chi connectivity index (χ1v) is 13.1. The quantitative estimate of drug-likeness (QED) is 0.244. The number of carbonyl (C=O) groups excluding carboxylic acids is 2. The molecule has 7 nitrogen and oxygen atoms in total. The van der Waals surface area contributed by atoms with Crippen LogP contribution in [0.5, 0.6) is 11.5 Å². The van der Waals surface area contributed by atoms with E-state index < -0.39 is 0 Å².